The van der Waals surface area contributed by atoms with Crippen LogP contribution in [-0.4, -0.2) is 48.7 Å². The Labute approximate surface area is 147 Å². The summed E-state index contributed by atoms with van der Waals surface area (Å²) < 4.78 is 27.9. The molecule has 0 N–H and O–H groups in total. The quantitative estimate of drug-likeness (QED) is 0.542. The van der Waals surface area contributed by atoms with Gasteiger partial charge in [-0.2, -0.15) is 0 Å². The van der Waals surface area contributed by atoms with Gasteiger partial charge in [-0.1, -0.05) is 30.3 Å². The summed E-state index contributed by atoms with van der Waals surface area (Å²) in [5, 5.41) is 0. The molecule has 3 atom stereocenters. The third-order valence-corrected chi connectivity index (χ3v) is 5.79. The van der Waals surface area contributed by atoms with Gasteiger partial charge in [0, 0.05) is 12.8 Å². The predicted octanol–water partition coefficient (Wildman–Crippen LogP) is 3.23. The maximum absolute atomic E-state index is 12.4. The highest BCUT2D eigenvalue weighted by Gasteiger charge is 2.44. The van der Waals surface area contributed by atoms with Crippen molar-refractivity contribution in [3.63, 3.8) is 0 Å². The first-order valence-electron chi connectivity index (χ1n) is 8.24. The van der Waals surface area contributed by atoms with Crippen LogP contribution in [0.25, 0.3) is 0 Å². The first-order chi connectivity index (χ1) is 11.8. The van der Waals surface area contributed by atoms with Crippen molar-refractivity contribution in [1.29, 1.82) is 0 Å². The zero-order chi connectivity index (χ0) is 18.4. The molecule has 0 bridgehead atoms. The third kappa shape index (κ3) is 5.31. The Bertz CT molecular complexity index is 650. The predicted molar refractivity (Wildman–Crippen MR) is 92.4 cm³/mol. The number of ether oxygens (including phenoxy) is 2. The van der Waals surface area contributed by atoms with Crippen molar-refractivity contribution < 1.29 is 28.2 Å². The molecule has 1 aliphatic heterocycles. The van der Waals surface area contributed by atoms with E-state index in [2.05, 4.69) is 0 Å². The van der Waals surface area contributed by atoms with E-state index in [-0.39, 0.29) is 19.2 Å². The lowest BCUT2D eigenvalue weighted by Crippen LogP contribution is -2.42. The normalized spacial score (nSPS) is 22.4. The molecule has 138 valence electrons. The van der Waals surface area contributed by atoms with Crippen molar-refractivity contribution in [3.8, 4) is 0 Å². The van der Waals surface area contributed by atoms with Crippen LogP contribution in [0.1, 0.15) is 25.8 Å². The molecular weight excluding hydrogens is 345 g/mol. The number of benzene rings is 1. The number of esters is 1. The summed E-state index contributed by atoms with van der Waals surface area (Å²) >= 11 is 0. The molecule has 1 aliphatic rings. The van der Waals surface area contributed by atoms with E-state index in [0.29, 0.717) is 6.61 Å². The molecule has 0 aromatic heterocycles. The van der Waals surface area contributed by atoms with E-state index in [1.807, 2.05) is 30.3 Å². The van der Waals surface area contributed by atoms with Crippen LogP contribution in [-0.2, 0) is 30.0 Å². The topological polar surface area (TPSA) is 82.1 Å². The van der Waals surface area contributed by atoms with Crippen molar-refractivity contribution in [2.75, 3.05) is 19.4 Å². The highest BCUT2D eigenvalue weighted by molar-refractivity contribution is 7.58. The van der Waals surface area contributed by atoms with Crippen molar-refractivity contribution in [2.24, 2.45) is 0 Å². The van der Waals surface area contributed by atoms with Gasteiger partial charge in [0.1, 0.15) is 12.6 Å². The highest BCUT2D eigenvalue weighted by Crippen LogP contribution is 2.44. The number of amides is 1. The number of cyclic esters (lactones) is 1. The Morgan fingerprint density at radius 2 is 2.00 bits per heavy atom. The molecule has 1 fully saturated rings. The number of hydrogen-bond acceptors (Lipinski definition) is 6. The Morgan fingerprint density at radius 3 is 2.64 bits per heavy atom. The molecule has 1 amide bonds. The average Bonchev–Trinajstić information content (AvgIpc) is 2.85. The van der Waals surface area contributed by atoms with Gasteiger partial charge in [0.2, 0.25) is 0 Å². The standard InChI is InChI=1S/C17H24NO6P/c1-4-23-25(3,21)11-10-15-16(19)24-13(2)18(15)17(20)22-12-14-8-6-5-7-9-14/h5-9,13,15H,4,10-12H2,1-3H3. The van der Waals surface area contributed by atoms with Gasteiger partial charge in [-0.05, 0) is 25.8 Å². The van der Waals surface area contributed by atoms with Crippen molar-refractivity contribution in [1.82, 2.24) is 4.90 Å². The fraction of sp³-hybridized carbons (Fsp3) is 0.529. The Morgan fingerprint density at radius 1 is 1.32 bits per heavy atom. The van der Waals surface area contributed by atoms with E-state index in [1.165, 1.54) is 11.6 Å². The second-order valence-electron chi connectivity index (χ2n) is 5.94. The van der Waals surface area contributed by atoms with E-state index in [4.69, 9.17) is 14.0 Å². The average molecular weight is 369 g/mol. The first kappa shape index (κ1) is 19.5. The van der Waals surface area contributed by atoms with E-state index in [0.717, 1.165) is 5.56 Å². The molecule has 1 aromatic rings. The number of carbonyl (C=O) groups excluding carboxylic acids is 2. The Hall–Kier alpha value is -1.85. The van der Waals surface area contributed by atoms with Crippen LogP contribution >= 0.6 is 7.37 Å². The minimum absolute atomic E-state index is 0.106. The minimum Gasteiger partial charge on any atom is -0.444 e. The smallest absolute Gasteiger partial charge is 0.413 e. The molecule has 1 aromatic carbocycles. The van der Waals surface area contributed by atoms with Crippen LogP contribution in [0.15, 0.2) is 30.3 Å². The van der Waals surface area contributed by atoms with Gasteiger partial charge in [-0.15, -0.1) is 0 Å². The fourth-order valence-electron chi connectivity index (χ4n) is 2.69. The molecule has 7 nitrogen and oxygen atoms in total. The van der Waals surface area contributed by atoms with Gasteiger partial charge < -0.3 is 14.0 Å². The maximum Gasteiger partial charge on any atom is 0.413 e. The van der Waals surface area contributed by atoms with E-state index >= 15 is 0 Å². The molecule has 0 aliphatic carbocycles. The molecule has 2 rings (SSSR count). The summed E-state index contributed by atoms with van der Waals surface area (Å²) in [6, 6.07) is 8.45. The van der Waals surface area contributed by atoms with Gasteiger partial charge in [0.25, 0.3) is 0 Å². The minimum atomic E-state index is -2.80. The second kappa shape index (κ2) is 8.50. The lowest BCUT2D eigenvalue weighted by atomic mass is 10.2. The second-order valence-corrected chi connectivity index (χ2v) is 8.68. The molecule has 1 heterocycles. The van der Waals surface area contributed by atoms with Crippen LogP contribution in [0.3, 0.4) is 0 Å². The van der Waals surface area contributed by atoms with Crippen LogP contribution in [0, 0.1) is 0 Å². The van der Waals surface area contributed by atoms with Crippen molar-refractivity contribution in [3.05, 3.63) is 35.9 Å². The zero-order valence-corrected chi connectivity index (χ0v) is 15.6. The van der Waals surface area contributed by atoms with Gasteiger partial charge in [0.05, 0.1) is 6.61 Å². The zero-order valence-electron chi connectivity index (χ0n) is 14.7. The fourth-order valence-corrected chi connectivity index (χ4v) is 4.08. The summed E-state index contributed by atoms with van der Waals surface area (Å²) in [5.74, 6) is -0.513. The first-order valence-corrected chi connectivity index (χ1v) is 10.5. The van der Waals surface area contributed by atoms with Crippen LogP contribution in [0.5, 0.6) is 0 Å². The molecule has 3 unspecified atom stereocenters. The lowest BCUT2D eigenvalue weighted by Gasteiger charge is -2.24. The number of hydrogen-bond donors (Lipinski definition) is 0. The number of rotatable bonds is 7. The third-order valence-electron chi connectivity index (χ3n) is 3.91. The summed E-state index contributed by atoms with van der Waals surface area (Å²) in [5.41, 5.74) is 0.848. The molecule has 25 heavy (non-hydrogen) atoms. The van der Waals surface area contributed by atoms with Gasteiger partial charge in [0.15, 0.2) is 13.6 Å². The molecule has 0 spiro atoms. The van der Waals surface area contributed by atoms with Gasteiger partial charge >= 0.3 is 12.1 Å². The van der Waals surface area contributed by atoms with E-state index < -0.39 is 31.7 Å². The highest BCUT2D eigenvalue weighted by atomic mass is 31.2. The van der Waals surface area contributed by atoms with Crippen LogP contribution in [0.2, 0.25) is 0 Å². The SMILES string of the molecule is CCOP(C)(=O)CCC1C(=O)OC(C)N1C(=O)OCc1ccccc1. The molecule has 8 heteroatoms. The van der Waals surface area contributed by atoms with Gasteiger partial charge in [-0.25, -0.2) is 9.59 Å². The Kier molecular flexibility index (Phi) is 6.62. The molecule has 0 saturated carbocycles. The van der Waals surface area contributed by atoms with Crippen LogP contribution < -0.4 is 0 Å². The summed E-state index contributed by atoms with van der Waals surface area (Å²) in [4.78, 5) is 25.7. The summed E-state index contributed by atoms with van der Waals surface area (Å²) in [7, 11) is -2.80. The maximum atomic E-state index is 12.4. The monoisotopic (exact) mass is 369 g/mol. The van der Waals surface area contributed by atoms with Crippen molar-refractivity contribution in [2.45, 2.75) is 39.1 Å². The number of carbonyl (C=O) groups is 2. The molecular formula is C17H24NO6P. The largest absolute Gasteiger partial charge is 0.444 e. The van der Waals surface area contributed by atoms with E-state index in [1.54, 1.807) is 13.8 Å². The Balaban J connectivity index is 1.99. The molecule has 0 radical (unpaired) electrons. The molecule has 1 saturated heterocycles. The van der Waals surface area contributed by atoms with Crippen molar-refractivity contribution >= 4 is 19.4 Å². The number of nitrogens with zero attached hydrogens (tertiary/aromatic N) is 1. The van der Waals surface area contributed by atoms with Gasteiger partial charge in [-0.3, -0.25) is 9.46 Å². The summed E-state index contributed by atoms with van der Waals surface area (Å²) in [6.45, 7) is 5.33. The van der Waals surface area contributed by atoms with E-state index in [9.17, 15) is 14.2 Å². The van der Waals surface area contributed by atoms with Crippen LogP contribution in [0.4, 0.5) is 4.79 Å². The lowest BCUT2D eigenvalue weighted by molar-refractivity contribution is -0.142. The summed E-state index contributed by atoms with van der Waals surface area (Å²) in [6.07, 6.45) is -0.952.